The van der Waals surface area contributed by atoms with Crippen molar-refractivity contribution in [1.29, 1.82) is 0 Å². The summed E-state index contributed by atoms with van der Waals surface area (Å²) in [6.45, 7) is 0. The average molecular weight is 625 g/mol. The molecule has 0 atom stereocenters. The fraction of sp³-hybridized carbons (Fsp3) is 0. The Morgan fingerprint density at radius 3 is 0.718 bits per heavy atom. The number of benzene rings is 3. The third-order valence-corrected chi connectivity index (χ3v) is 6.68. The second-order valence-corrected chi connectivity index (χ2v) is 10.4. The van der Waals surface area contributed by atoms with Gasteiger partial charge in [0.05, 0.1) is 14.7 Å². The first kappa shape index (κ1) is 42.9. The van der Waals surface area contributed by atoms with Crippen LogP contribution < -0.4 is 88.7 Å². The molecule has 192 valence electrons. The first-order valence-corrected chi connectivity index (χ1v) is 13.4. The summed E-state index contributed by atoms with van der Waals surface area (Å²) >= 11 is 0. The third kappa shape index (κ3) is 14.7. The molecular weight excluding hydrogens is 609 g/mol. The van der Waals surface area contributed by atoms with E-state index in [0.29, 0.717) is 18.9 Å². The van der Waals surface area contributed by atoms with Crippen LogP contribution in [0.25, 0.3) is 0 Å². The minimum atomic E-state index is -4.53. The Balaban J connectivity index is -0.000000480. The molecule has 39 heavy (non-hydrogen) atoms. The molecule has 0 radical (unpaired) electrons. The molecule has 18 heteroatoms. The van der Waals surface area contributed by atoms with Crippen LogP contribution in [0.15, 0.2) is 87.5 Å². The predicted octanol–water partition coefficient (Wildman–Crippen LogP) is -7.78. The van der Waals surface area contributed by atoms with Gasteiger partial charge in [-0.2, -0.15) is 0 Å². The molecule has 0 unspecified atom stereocenters. The van der Waals surface area contributed by atoms with Crippen LogP contribution in [-0.2, 0) is 30.4 Å². The first-order valence-electron chi connectivity index (χ1n) is 9.17. The Morgan fingerprint density at radius 1 is 0.410 bits per heavy atom. The largest absolute Gasteiger partial charge is 1.00 e. The molecule has 0 fully saturated rings. The maximum Gasteiger partial charge on any atom is 1.00 e. The van der Waals surface area contributed by atoms with E-state index in [1.54, 1.807) is 0 Å². The third-order valence-electron chi connectivity index (χ3n) is 3.95. The van der Waals surface area contributed by atoms with Gasteiger partial charge in [-0.3, -0.25) is 14.4 Å². The van der Waals surface area contributed by atoms with Crippen molar-refractivity contribution in [2.45, 2.75) is 14.7 Å². The zero-order valence-corrected chi connectivity index (χ0v) is 29.2. The van der Waals surface area contributed by atoms with Crippen molar-refractivity contribution in [2.24, 2.45) is 0 Å². The van der Waals surface area contributed by atoms with Crippen molar-refractivity contribution in [3.8, 4) is 0 Å². The Labute approximate surface area is 291 Å². The van der Waals surface area contributed by atoms with E-state index in [-0.39, 0.29) is 105 Å². The molecule has 0 aliphatic rings. The first-order chi connectivity index (χ1) is 16.7. The quantitative estimate of drug-likeness (QED) is 0.142. The van der Waals surface area contributed by atoms with Gasteiger partial charge in [0, 0.05) is 16.7 Å². The summed E-state index contributed by atoms with van der Waals surface area (Å²) in [6.07, 6.45) is 1.01. The Hall–Kier alpha value is -0.600. The summed E-state index contributed by atoms with van der Waals surface area (Å²) in [5.74, 6) is 0. The maximum absolute atomic E-state index is 10.5. The van der Waals surface area contributed by atoms with Crippen molar-refractivity contribution < 1.29 is 142 Å². The molecule has 3 aromatic rings. The summed E-state index contributed by atoms with van der Waals surface area (Å²) in [7, 11) is -13.6. The average Bonchev–Trinajstić information content (AvgIpc) is 2.83. The topological polar surface area (TPSA) is 223 Å². The molecule has 0 aliphatic carbocycles. The molecule has 0 N–H and O–H groups in total. The standard InChI is InChI=1S/3C7H6O4S.3Na/c3*8-5-6-3-1-2-4-7(6)12(9,10)11;;;/h3*1-5H,(H,9,10,11);;;/q;;;3*+1/p-3. The van der Waals surface area contributed by atoms with Gasteiger partial charge in [0.15, 0.2) is 18.9 Å². The second kappa shape index (κ2) is 19.5. The van der Waals surface area contributed by atoms with Crippen LogP contribution in [0.3, 0.4) is 0 Å². The van der Waals surface area contributed by atoms with Gasteiger partial charge in [-0.15, -0.1) is 0 Å². The number of hydrogen-bond acceptors (Lipinski definition) is 12. The minimum Gasteiger partial charge on any atom is -0.744 e. The van der Waals surface area contributed by atoms with E-state index in [9.17, 15) is 53.3 Å². The van der Waals surface area contributed by atoms with Gasteiger partial charge in [-0.05, 0) is 18.2 Å². The van der Waals surface area contributed by atoms with Crippen LogP contribution in [-0.4, -0.2) is 57.8 Å². The zero-order valence-electron chi connectivity index (χ0n) is 20.8. The molecular formula is C21H15Na3O12S3. The van der Waals surface area contributed by atoms with Gasteiger partial charge in [-0.1, -0.05) is 54.6 Å². The van der Waals surface area contributed by atoms with Crippen LogP contribution in [0.4, 0.5) is 0 Å². The molecule has 0 saturated carbocycles. The van der Waals surface area contributed by atoms with Crippen LogP contribution in [0.5, 0.6) is 0 Å². The Bertz CT molecular complexity index is 1390. The van der Waals surface area contributed by atoms with Crippen molar-refractivity contribution in [3.63, 3.8) is 0 Å². The van der Waals surface area contributed by atoms with Crippen LogP contribution in [0.2, 0.25) is 0 Å². The predicted molar refractivity (Wildman–Crippen MR) is 119 cm³/mol. The molecule has 3 rings (SSSR count). The Kier molecular flexibility index (Phi) is 21.4. The normalized spacial score (nSPS) is 10.2. The fourth-order valence-electron chi connectivity index (χ4n) is 2.42. The molecule has 0 aliphatic heterocycles. The van der Waals surface area contributed by atoms with Gasteiger partial charge in [0.2, 0.25) is 0 Å². The van der Waals surface area contributed by atoms with Gasteiger partial charge < -0.3 is 13.7 Å². The van der Waals surface area contributed by atoms with E-state index in [2.05, 4.69) is 0 Å². The molecule has 12 nitrogen and oxygen atoms in total. The molecule has 0 aromatic heterocycles. The van der Waals surface area contributed by atoms with Crippen LogP contribution in [0.1, 0.15) is 31.1 Å². The van der Waals surface area contributed by atoms with Gasteiger partial charge in [0.1, 0.15) is 30.4 Å². The minimum absolute atomic E-state index is 0. The van der Waals surface area contributed by atoms with E-state index < -0.39 is 45.0 Å². The summed E-state index contributed by atoms with van der Waals surface area (Å²) in [6, 6.07) is 15.8. The number of rotatable bonds is 6. The number of carbonyl (C=O) groups is 3. The van der Waals surface area contributed by atoms with Crippen LogP contribution in [0, 0.1) is 0 Å². The molecule has 0 amide bonds. The van der Waals surface area contributed by atoms with E-state index >= 15 is 0 Å². The summed E-state index contributed by atoms with van der Waals surface area (Å²) in [4.78, 5) is 29.4. The Morgan fingerprint density at radius 2 is 0.590 bits per heavy atom. The van der Waals surface area contributed by atoms with Gasteiger partial charge >= 0.3 is 88.7 Å². The van der Waals surface area contributed by atoms with Gasteiger partial charge in [-0.25, -0.2) is 25.3 Å². The van der Waals surface area contributed by atoms with Crippen molar-refractivity contribution in [3.05, 3.63) is 89.5 Å². The van der Waals surface area contributed by atoms with E-state index in [1.165, 1.54) is 54.6 Å². The molecule has 0 spiro atoms. The molecule has 3 aromatic carbocycles. The zero-order chi connectivity index (χ0) is 27.6. The van der Waals surface area contributed by atoms with E-state index in [0.717, 1.165) is 18.2 Å². The molecule has 0 bridgehead atoms. The summed E-state index contributed by atoms with van der Waals surface area (Å²) < 4.78 is 94.5. The van der Waals surface area contributed by atoms with Crippen molar-refractivity contribution in [2.75, 3.05) is 0 Å². The number of carbonyl (C=O) groups excluding carboxylic acids is 3. The van der Waals surface area contributed by atoms with E-state index in [1.807, 2.05) is 0 Å². The molecule has 0 saturated heterocycles. The molecule has 0 heterocycles. The van der Waals surface area contributed by atoms with E-state index in [4.69, 9.17) is 0 Å². The second-order valence-electron chi connectivity index (χ2n) is 6.33. The maximum atomic E-state index is 10.5. The summed E-state index contributed by atoms with van der Waals surface area (Å²) in [5, 5.41) is 0. The smallest absolute Gasteiger partial charge is 0.744 e. The summed E-state index contributed by atoms with van der Waals surface area (Å²) in [5.41, 5.74) is -0.312. The SMILES string of the molecule is O=Cc1ccccc1S(=O)(=O)[O-].O=Cc1ccccc1S(=O)(=O)[O-].O=Cc1ccccc1S(=O)(=O)[O-].[Na+].[Na+].[Na+]. The number of aldehydes is 3. The number of hydrogen-bond donors (Lipinski definition) is 0. The van der Waals surface area contributed by atoms with Crippen molar-refractivity contribution >= 4 is 49.2 Å². The van der Waals surface area contributed by atoms with Crippen molar-refractivity contribution in [1.82, 2.24) is 0 Å². The van der Waals surface area contributed by atoms with Gasteiger partial charge in [0.25, 0.3) is 0 Å². The fourth-order valence-corrected chi connectivity index (χ4v) is 4.37. The monoisotopic (exact) mass is 624 g/mol. The van der Waals surface area contributed by atoms with Crippen LogP contribution >= 0.6 is 0 Å².